The number of hydrogen-bond donors (Lipinski definition) is 1. The highest BCUT2D eigenvalue weighted by Crippen LogP contribution is 2.25. The average Bonchev–Trinajstić information content (AvgIpc) is 2.63. The summed E-state index contributed by atoms with van der Waals surface area (Å²) in [4.78, 5) is 23.2. The summed E-state index contributed by atoms with van der Waals surface area (Å²) in [6.07, 6.45) is 5.28. The molecule has 0 aliphatic carbocycles. The number of aryl methyl sites for hydroxylation is 1. The molecule has 1 aliphatic rings. The van der Waals surface area contributed by atoms with E-state index in [-0.39, 0.29) is 5.91 Å². The molecule has 2 heterocycles. The molecule has 1 aliphatic heterocycles. The lowest BCUT2D eigenvalue weighted by Crippen LogP contribution is -2.38. The second kappa shape index (κ2) is 8.34. The van der Waals surface area contributed by atoms with Gasteiger partial charge in [-0.3, -0.25) is 4.79 Å². The Bertz CT molecular complexity index is 720. The first-order valence-corrected chi connectivity index (χ1v) is 9.68. The van der Waals surface area contributed by atoms with Crippen LogP contribution in [0, 0.1) is 6.92 Å². The summed E-state index contributed by atoms with van der Waals surface area (Å²) in [6.45, 7) is 5.30. The van der Waals surface area contributed by atoms with Crippen molar-refractivity contribution in [2.75, 3.05) is 22.5 Å². The SMILES string of the molecule is Cc1ccc(NC(=O)CSc2cc(N3CCCC[C@@H]3C)ncn2)cc1. The largest absolute Gasteiger partial charge is 0.354 e. The molecule has 0 bridgehead atoms. The van der Waals surface area contributed by atoms with Crippen molar-refractivity contribution in [1.82, 2.24) is 9.97 Å². The third kappa shape index (κ3) is 4.95. The number of nitrogens with zero attached hydrogens (tertiary/aromatic N) is 3. The van der Waals surface area contributed by atoms with E-state index in [1.807, 2.05) is 37.3 Å². The molecule has 1 aromatic heterocycles. The van der Waals surface area contributed by atoms with E-state index in [1.165, 1.54) is 36.6 Å². The van der Waals surface area contributed by atoms with E-state index >= 15 is 0 Å². The Kier molecular flexibility index (Phi) is 5.91. The van der Waals surface area contributed by atoms with Gasteiger partial charge in [0, 0.05) is 24.3 Å². The number of nitrogens with one attached hydrogen (secondary N) is 1. The van der Waals surface area contributed by atoms with Gasteiger partial charge < -0.3 is 10.2 Å². The molecule has 1 atom stereocenters. The van der Waals surface area contributed by atoms with Crippen molar-refractivity contribution in [2.24, 2.45) is 0 Å². The van der Waals surface area contributed by atoms with Gasteiger partial charge in [0.25, 0.3) is 0 Å². The van der Waals surface area contributed by atoms with Crippen LogP contribution in [0.4, 0.5) is 11.5 Å². The molecule has 1 aromatic carbocycles. The molecule has 25 heavy (non-hydrogen) atoms. The van der Waals surface area contributed by atoms with Crippen molar-refractivity contribution < 1.29 is 4.79 Å². The van der Waals surface area contributed by atoms with Gasteiger partial charge in [-0.05, 0) is 45.2 Å². The highest BCUT2D eigenvalue weighted by Gasteiger charge is 2.20. The quantitative estimate of drug-likeness (QED) is 0.650. The normalized spacial score (nSPS) is 17.4. The maximum atomic E-state index is 12.1. The molecule has 2 aromatic rings. The van der Waals surface area contributed by atoms with Crippen LogP contribution in [0.15, 0.2) is 41.7 Å². The fraction of sp³-hybridized carbons (Fsp3) is 0.421. The van der Waals surface area contributed by atoms with Crippen LogP contribution >= 0.6 is 11.8 Å². The predicted octanol–water partition coefficient (Wildman–Crippen LogP) is 3.89. The molecule has 5 nitrogen and oxygen atoms in total. The molecule has 1 N–H and O–H groups in total. The van der Waals surface area contributed by atoms with Crippen LogP contribution in [-0.4, -0.2) is 34.2 Å². The van der Waals surface area contributed by atoms with Gasteiger partial charge in [0.15, 0.2) is 0 Å². The van der Waals surface area contributed by atoms with Crippen LogP contribution in [0.3, 0.4) is 0 Å². The number of rotatable bonds is 5. The maximum absolute atomic E-state index is 12.1. The van der Waals surface area contributed by atoms with Gasteiger partial charge >= 0.3 is 0 Å². The summed E-state index contributed by atoms with van der Waals surface area (Å²) in [5, 5.41) is 3.75. The van der Waals surface area contributed by atoms with E-state index in [9.17, 15) is 4.79 Å². The summed E-state index contributed by atoms with van der Waals surface area (Å²) in [5.41, 5.74) is 1.99. The number of aromatic nitrogens is 2. The van der Waals surface area contributed by atoms with E-state index in [0.717, 1.165) is 23.1 Å². The second-order valence-corrected chi connectivity index (χ2v) is 7.45. The van der Waals surface area contributed by atoms with Crippen LogP contribution in [0.2, 0.25) is 0 Å². The Labute approximate surface area is 153 Å². The first kappa shape index (κ1) is 17.7. The summed E-state index contributed by atoms with van der Waals surface area (Å²) in [5.74, 6) is 1.27. The number of benzene rings is 1. The number of thioether (sulfide) groups is 1. The zero-order valence-electron chi connectivity index (χ0n) is 14.7. The van der Waals surface area contributed by atoms with Crippen LogP contribution in [0.25, 0.3) is 0 Å². The average molecular weight is 356 g/mol. The lowest BCUT2D eigenvalue weighted by Gasteiger charge is -2.34. The molecule has 132 valence electrons. The summed E-state index contributed by atoms with van der Waals surface area (Å²) < 4.78 is 0. The highest BCUT2D eigenvalue weighted by atomic mass is 32.2. The van der Waals surface area contributed by atoms with Crippen LogP contribution in [0.5, 0.6) is 0 Å². The Morgan fingerprint density at radius 2 is 2.08 bits per heavy atom. The molecular formula is C19H24N4OS. The van der Waals surface area contributed by atoms with Crippen molar-refractivity contribution >= 4 is 29.2 Å². The van der Waals surface area contributed by atoms with Gasteiger partial charge in [-0.1, -0.05) is 29.5 Å². The van der Waals surface area contributed by atoms with Gasteiger partial charge in [0.05, 0.1) is 5.75 Å². The third-order valence-electron chi connectivity index (χ3n) is 4.41. The fourth-order valence-corrected chi connectivity index (χ4v) is 3.64. The van der Waals surface area contributed by atoms with Gasteiger partial charge in [-0.25, -0.2) is 9.97 Å². The standard InChI is InChI=1S/C19H24N4OS/c1-14-6-8-16(9-7-14)22-18(24)12-25-19-11-17(20-13-21-19)23-10-4-3-5-15(23)2/h6-9,11,13,15H,3-5,10,12H2,1-2H3,(H,22,24)/t15-/m0/s1. The van der Waals surface area contributed by atoms with E-state index < -0.39 is 0 Å². The van der Waals surface area contributed by atoms with E-state index in [0.29, 0.717) is 11.8 Å². The second-order valence-electron chi connectivity index (χ2n) is 6.46. The van der Waals surface area contributed by atoms with E-state index in [1.54, 1.807) is 6.33 Å². The van der Waals surface area contributed by atoms with Gasteiger partial charge in [0.1, 0.15) is 17.2 Å². The van der Waals surface area contributed by atoms with E-state index in [2.05, 4.69) is 27.1 Å². The summed E-state index contributed by atoms with van der Waals surface area (Å²) >= 11 is 1.44. The molecule has 1 amide bonds. The minimum absolute atomic E-state index is 0.0274. The monoisotopic (exact) mass is 356 g/mol. The predicted molar refractivity (Wildman–Crippen MR) is 103 cm³/mol. The van der Waals surface area contributed by atoms with Crippen molar-refractivity contribution in [2.45, 2.75) is 44.2 Å². The number of hydrogen-bond acceptors (Lipinski definition) is 5. The minimum Gasteiger partial charge on any atom is -0.354 e. The van der Waals surface area contributed by atoms with E-state index in [4.69, 9.17) is 0 Å². The Balaban J connectivity index is 1.56. The minimum atomic E-state index is -0.0274. The van der Waals surface area contributed by atoms with Gasteiger partial charge in [-0.15, -0.1) is 0 Å². The number of anilines is 2. The first-order chi connectivity index (χ1) is 12.1. The highest BCUT2D eigenvalue weighted by molar-refractivity contribution is 7.99. The molecule has 3 rings (SSSR count). The van der Waals surface area contributed by atoms with Crippen LogP contribution < -0.4 is 10.2 Å². The molecule has 0 unspecified atom stereocenters. The maximum Gasteiger partial charge on any atom is 0.234 e. The summed E-state index contributed by atoms with van der Waals surface area (Å²) in [6, 6.07) is 10.3. The van der Waals surface area contributed by atoms with Crippen LogP contribution in [0.1, 0.15) is 31.7 Å². The van der Waals surface area contributed by atoms with Crippen molar-refractivity contribution in [3.05, 3.63) is 42.2 Å². The van der Waals surface area contributed by atoms with Gasteiger partial charge in [0.2, 0.25) is 5.91 Å². The lowest BCUT2D eigenvalue weighted by molar-refractivity contribution is -0.113. The summed E-state index contributed by atoms with van der Waals surface area (Å²) in [7, 11) is 0. The number of carbonyl (C=O) groups is 1. The zero-order valence-corrected chi connectivity index (χ0v) is 15.6. The number of amides is 1. The lowest BCUT2D eigenvalue weighted by atomic mass is 10.0. The topological polar surface area (TPSA) is 58.1 Å². The van der Waals surface area contributed by atoms with Crippen LogP contribution in [-0.2, 0) is 4.79 Å². The Hall–Kier alpha value is -2.08. The molecule has 0 saturated carbocycles. The molecule has 1 fully saturated rings. The molecule has 0 radical (unpaired) electrons. The molecular weight excluding hydrogens is 332 g/mol. The fourth-order valence-electron chi connectivity index (χ4n) is 2.98. The smallest absolute Gasteiger partial charge is 0.234 e. The molecule has 1 saturated heterocycles. The Morgan fingerprint density at radius 1 is 1.28 bits per heavy atom. The van der Waals surface area contributed by atoms with Gasteiger partial charge in [-0.2, -0.15) is 0 Å². The molecule has 6 heteroatoms. The van der Waals surface area contributed by atoms with Crippen molar-refractivity contribution in [3.63, 3.8) is 0 Å². The third-order valence-corrected chi connectivity index (χ3v) is 5.34. The Morgan fingerprint density at radius 3 is 2.84 bits per heavy atom. The first-order valence-electron chi connectivity index (χ1n) is 8.70. The number of carbonyl (C=O) groups excluding carboxylic acids is 1. The molecule has 0 spiro atoms. The van der Waals surface area contributed by atoms with Crippen molar-refractivity contribution in [3.8, 4) is 0 Å². The zero-order chi connectivity index (χ0) is 17.6. The van der Waals surface area contributed by atoms with Crippen molar-refractivity contribution in [1.29, 1.82) is 0 Å². The number of piperidine rings is 1.